The largest absolute Gasteiger partial charge is 0.350 e. The summed E-state index contributed by atoms with van der Waals surface area (Å²) >= 11 is 0. The van der Waals surface area contributed by atoms with Gasteiger partial charge < -0.3 is 4.57 Å². The molecule has 4 rings (SSSR count). The summed E-state index contributed by atoms with van der Waals surface area (Å²) in [6.07, 6.45) is 1.90. The van der Waals surface area contributed by atoms with E-state index in [0.29, 0.717) is 5.56 Å². The summed E-state index contributed by atoms with van der Waals surface area (Å²) < 4.78 is 1.95. The molecular formula is C24H20N2O3. The molecule has 0 fully saturated rings. The fourth-order valence-electron chi connectivity index (χ4n) is 3.96. The Balaban J connectivity index is 1.94. The molecular weight excluding hydrogens is 364 g/mol. The third-order valence-corrected chi connectivity index (χ3v) is 5.29. The minimum atomic E-state index is -1.43. The van der Waals surface area contributed by atoms with Crippen LogP contribution in [0, 0.1) is 10.1 Å². The Bertz CT molecular complexity index is 1170. The van der Waals surface area contributed by atoms with Gasteiger partial charge in [0.15, 0.2) is 0 Å². The van der Waals surface area contributed by atoms with Crippen LogP contribution in [0.2, 0.25) is 0 Å². The molecule has 0 N–H and O–H groups in total. The summed E-state index contributed by atoms with van der Waals surface area (Å²) in [6, 6.07) is 24.1. The van der Waals surface area contributed by atoms with Crippen LogP contribution in [0.1, 0.15) is 27.4 Å². The first kappa shape index (κ1) is 18.6. The summed E-state index contributed by atoms with van der Waals surface area (Å²) in [5.74, 6) is -1.19. The average molecular weight is 384 g/mol. The van der Waals surface area contributed by atoms with E-state index in [1.165, 1.54) is 0 Å². The molecule has 0 aliphatic carbocycles. The minimum absolute atomic E-state index is 0.343. The van der Waals surface area contributed by atoms with Crippen molar-refractivity contribution >= 4 is 16.7 Å². The van der Waals surface area contributed by atoms with Crippen molar-refractivity contribution in [2.75, 3.05) is 0 Å². The van der Waals surface area contributed by atoms with Crippen molar-refractivity contribution in [1.29, 1.82) is 0 Å². The van der Waals surface area contributed by atoms with E-state index in [1.54, 1.807) is 30.3 Å². The Hall–Kier alpha value is -3.73. The van der Waals surface area contributed by atoms with Crippen molar-refractivity contribution in [3.05, 3.63) is 118 Å². The lowest BCUT2D eigenvalue weighted by Gasteiger charge is -2.21. The number of nitro groups is 1. The molecule has 0 saturated heterocycles. The number of hydrogen-bond acceptors (Lipinski definition) is 3. The van der Waals surface area contributed by atoms with Crippen LogP contribution >= 0.6 is 0 Å². The number of hydrogen-bond donors (Lipinski definition) is 0. The molecule has 0 amide bonds. The highest BCUT2D eigenvalue weighted by atomic mass is 16.6. The Morgan fingerprint density at radius 1 is 0.897 bits per heavy atom. The van der Waals surface area contributed by atoms with Crippen LogP contribution in [-0.4, -0.2) is 21.3 Å². The van der Waals surface area contributed by atoms with E-state index in [1.807, 2.05) is 72.4 Å². The summed E-state index contributed by atoms with van der Waals surface area (Å²) in [5.41, 5.74) is 2.84. The zero-order valence-corrected chi connectivity index (χ0v) is 15.9. The van der Waals surface area contributed by atoms with Crippen molar-refractivity contribution in [1.82, 2.24) is 4.57 Å². The topological polar surface area (TPSA) is 65.1 Å². The van der Waals surface area contributed by atoms with Gasteiger partial charge in [0.25, 0.3) is 6.04 Å². The average Bonchev–Trinajstić information content (AvgIpc) is 3.09. The van der Waals surface area contributed by atoms with Crippen molar-refractivity contribution in [2.45, 2.75) is 12.0 Å². The van der Waals surface area contributed by atoms with E-state index in [0.717, 1.165) is 22.0 Å². The monoisotopic (exact) mass is 384 g/mol. The Labute approximate surface area is 168 Å². The number of para-hydroxylation sites is 1. The van der Waals surface area contributed by atoms with Gasteiger partial charge in [-0.3, -0.25) is 14.9 Å². The Morgan fingerprint density at radius 3 is 2.14 bits per heavy atom. The quantitative estimate of drug-likeness (QED) is 0.271. The van der Waals surface area contributed by atoms with Crippen molar-refractivity contribution in [3.8, 4) is 0 Å². The number of ketones is 1. The maximum absolute atomic E-state index is 13.3. The van der Waals surface area contributed by atoms with Crippen molar-refractivity contribution < 1.29 is 9.72 Å². The second-order valence-corrected chi connectivity index (χ2v) is 7.06. The second-order valence-electron chi connectivity index (χ2n) is 7.06. The van der Waals surface area contributed by atoms with Crippen LogP contribution in [0.3, 0.4) is 0 Å². The van der Waals surface area contributed by atoms with E-state index in [4.69, 9.17) is 0 Å². The van der Waals surface area contributed by atoms with Gasteiger partial charge in [-0.25, -0.2) is 0 Å². The highest BCUT2D eigenvalue weighted by Gasteiger charge is 2.42. The van der Waals surface area contributed by atoms with Gasteiger partial charge in [-0.05, 0) is 17.2 Å². The van der Waals surface area contributed by atoms with Crippen LogP contribution in [0.15, 0.2) is 91.1 Å². The first-order valence-electron chi connectivity index (χ1n) is 9.39. The second kappa shape index (κ2) is 7.72. The van der Waals surface area contributed by atoms with Gasteiger partial charge in [-0.2, -0.15) is 0 Å². The summed E-state index contributed by atoms with van der Waals surface area (Å²) in [5, 5.41) is 13.1. The van der Waals surface area contributed by atoms with Crippen LogP contribution < -0.4 is 0 Å². The molecule has 0 spiro atoms. The number of Topliss-reactive ketones (excluding diaryl/α,β-unsaturated/α-hetero) is 1. The van der Waals surface area contributed by atoms with E-state index >= 15 is 0 Å². The number of benzene rings is 3. The van der Waals surface area contributed by atoms with Crippen LogP contribution in [0.25, 0.3) is 10.9 Å². The lowest BCUT2D eigenvalue weighted by molar-refractivity contribution is -0.507. The van der Waals surface area contributed by atoms with Crippen LogP contribution in [-0.2, 0) is 7.05 Å². The molecule has 0 saturated carbocycles. The fourth-order valence-corrected chi connectivity index (χ4v) is 3.96. The third-order valence-electron chi connectivity index (χ3n) is 5.29. The molecule has 1 heterocycles. The summed E-state index contributed by atoms with van der Waals surface area (Å²) in [7, 11) is 1.91. The summed E-state index contributed by atoms with van der Waals surface area (Å²) in [6.45, 7) is 0. The number of fused-ring (bicyclic) bond motifs is 1. The SMILES string of the molecule is Cn1cc(C(c2ccccc2)C(C(=O)c2ccccc2)[N+](=O)[O-])c2ccccc21. The zero-order chi connectivity index (χ0) is 20.4. The van der Waals surface area contributed by atoms with E-state index in [-0.39, 0.29) is 0 Å². The lowest BCUT2D eigenvalue weighted by Crippen LogP contribution is -2.36. The van der Waals surface area contributed by atoms with Gasteiger partial charge in [-0.1, -0.05) is 78.9 Å². The Morgan fingerprint density at radius 2 is 1.48 bits per heavy atom. The molecule has 29 heavy (non-hydrogen) atoms. The predicted octanol–water partition coefficient (Wildman–Crippen LogP) is 4.84. The zero-order valence-electron chi connectivity index (χ0n) is 15.9. The van der Waals surface area contributed by atoms with Gasteiger partial charge >= 0.3 is 0 Å². The highest BCUT2D eigenvalue weighted by molar-refractivity contribution is 6.01. The molecule has 2 atom stereocenters. The number of carbonyl (C=O) groups excluding carboxylic acids is 1. The van der Waals surface area contributed by atoms with Gasteiger partial charge in [0.05, 0.1) is 5.92 Å². The normalized spacial score (nSPS) is 13.1. The van der Waals surface area contributed by atoms with E-state index < -0.39 is 22.7 Å². The molecule has 1 aromatic heterocycles. The molecule has 0 aliphatic rings. The maximum Gasteiger partial charge on any atom is 0.285 e. The summed E-state index contributed by atoms with van der Waals surface area (Å²) in [4.78, 5) is 25.0. The predicted molar refractivity (Wildman–Crippen MR) is 113 cm³/mol. The smallest absolute Gasteiger partial charge is 0.285 e. The standard InChI is InChI=1S/C24H20N2O3/c1-25-16-20(19-14-8-9-15-21(19)25)22(17-10-4-2-5-11-17)23(26(28)29)24(27)18-12-6-3-7-13-18/h2-16,22-23H,1H3. The first-order chi connectivity index (χ1) is 14.1. The fraction of sp³-hybridized carbons (Fsp3) is 0.125. The molecule has 0 radical (unpaired) electrons. The number of aromatic nitrogens is 1. The minimum Gasteiger partial charge on any atom is -0.350 e. The Kier molecular flexibility index (Phi) is 4.96. The van der Waals surface area contributed by atoms with Crippen LogP contribution in [0.4, 0.5) is 0 Å². The molecule has 5 heteroatoms. The molecule has 0 aliphatic heterocycles. The molecule has 5 nitrogen and oxygen atoms in total. The van der Waals surface area contributed by atoms with Crippen molar-refractivity contribution in [2.24, 2.45) is 7.05 Å². The molecule has 144 valence electrons. The molecule has 2 unspecified atom stereocenters. The number of nitrogens with zero attached hydrogens (tertiary/aromatic N) is 2. The first-order valence-corrected chi connectivity index (χ1v) is 9.39. The molecule has 0 bridgehead atoms. The van der Waals surface area contributed by atoms with Crippen molar-refractivity contribution in [3.63, 3.8) is 0 Å². The van der Waals surface area contributed by atoms with Gasteiger partial charge in [0.1, 0.15) is 0 Å². The van der Waals surface area contributed by atoms with Crippen LogP contribution in [0.5, 0.6) is 0 Å². The van der Waals surface area contributed by atoms with E-state index in [2.05, 4.69) is 0 Å². The van der Waals surface area contributed by atoms with Gasteiger partial charge in [0, 0.05) is 34.6 Å². The maximum atomic E-state index is 13.3. The highest BCUT2D eigenvalue weighted by Crippen LogP contribution is 2.36. The number of carbonyl (C=O) groups is 1. The van der Waals surface area contributed by atoms with Gasteiger partial charge in [0.2, 0.25) is 5.78 Å². The molecule has 4 aromatic rings. The lowest BCUT2D eigenvalue weighted by atomic mass is 9.82. The van der Waals surface area contributed by atoms with Gasteiger partial charge in [-0.15, -0.1) is 0 Å². The molecule has 3 aromatic carbocycles. The third kappa shape index (κ3) is 3.43. The van der Waals surface area contributed by atoms with E-state index in [9.17, 15) is 14.9 Å². The number of aryl methyl sites for hydroxylation is 1. The number of rotatable bonds is 6.